The van der Waals surface area contributed by atoms with Crippen LogP contribution in [-0.2, 0) is 9.59 Å². The minimum absolute atomic E-state index is 0.0766. The highest BCUT2D eigenvalue weighted by Gasteiger charge is 2.46. The summed E-state index contributed by atoms with van der Waals surface area (Å²) >= 11 is 0. The molecule has 2 amide bonds. The smallest absolute Gasteiger partial charge is 0.246 e. The van der Waals surface area contributed by atoms with Gasteiger partial charge < -0.3 is 10.2 Å². The van der Waals surface area contributed by atoms with Crippen LogP contribution in [0.1, 0.15) is 47.5 Å². The summed E-state index contributed by atoms with van der Waals surface area (Å²) in [6.45, 7) is 9.55. The lowest BCUT2D eigenvalue weighted by Crippen LogP contribution is -2.68. The molecule has 5 heteroatoms. The van der Waals surface area contributed by atoms with Crippen molar-refractivity contribution < 1.29 is 14.0 Å². The lowest BCUT2D eigenvalue weighted by atomic mass is 9.81. The average molecular weight is 286 g/mol. The minimum atomic E-state index is -0.526. The fourth-order valence-corrected chi connectivity index (χ4v) is 2.69. The number of nitrogens with one attached hydrogen (secondary N) is 1. The first-order valence-corrected chi connectivity index (χ1v) is 7.40. The quantitative estimate of drug-likeness (QED) is 0.841. The van der Waals surface area contributed by atoms with E-state index in [0.717, 1.165) is 6.42 Å². The number of hydrogen-bond donors (Lipinski definition) is 1. The van der Waals surface area contributed by atoms with Gasteiger partial charge in [-0.05, 0) is 17.8 Å². The molecule has 1 fully saturated rings. The van der Waals surface area contributed by atoms with Gasteiger partial charge in [-0.15, -0.1) is 0 Å². The Morgan fingerprint density at radius 2 is 1.95 bits per heavy atom. The summed E-state index contributed by atoms with van der Waals surface area (Å²) in [5.41, 5.74) is -0.365. The van der Waals surface area contributed by atoms with Crippen LogP contribution < -0.4 is 5.32 Å². The molecule has 116 valence electrons. The van der Waals surface area contributed by atoms with Crippen molar-refractivity contribution in [1.82, 2.24) is 10.2 Å². The summed E-state index contributed by atoms with van der Waals surface area (Å²) in [6.07, 6.45) is 1.09. The molecule has 0 aromatic heterocycles. The summed E-state index contributed by atoms with van der Waals surface area (Å²) in [5, 5.41) is 2.86. The van der Waals surface area contributed by atoms with Crippen LogP contribution in [0.5, 0.6) is 0 Å². The van der Waals surface area contributed by atoms with Crippen molar-refractivity contribution in [2.45, 2.75) is 59.5 Å². The van der Waals surface area contributed by atoms with Crippen LogP contribution >= 0.6 is 0 Å². The molecule has 4 nitrogen and oxygen atoms in total. The molecule has 3 atom stereocenters. The SMILES string of the molecule is CCC(C)C1NC(=O)C(C(C)(C)C)N(CCCF)C1=O. The Morgan fingerprint density at radius 3 is 2.40 bits per heavy atom. The molecular weight excluding hydrogens is 259 g/mol. The minimum Gasteiger partial charge on any atom is -0.342 e. The highest BCUT2D eigenvalue weighted by Crippen LogP contribution is 2.29. The van der Waals surface area contributed by atoms with Gasteiger partial charge in [0.25, 0.3) is 0 Å². The molecule has 1 rings (SSSR count). The molecule has 1 aliphatic heterocycles. The normalized spacial score (nSPS) is 25.6. The highest BCUT2D eigenvalue weighted by molar-refractivity contribution is 5.97. The fraction of sp³-hybridized carbons (Fsp3) is 0.867. The Morgan fingerprint density at radius 1 is 1.35 bits per heavy atom. The number of rotatable bonds is 5. The standard InChI is InChI=1S/C15H27FN2O2/c1-6-10(2)11-14(20)18(9-7-8-16)12(13(19)17-11)15(3,4)5/h10-12H,6-9H2,1-5H3,(H,17,19). The molecule has 0 aromatic rings. The summed E-state index contributed by atoms with van der Waals surface area (Å²) in [5.74, 6) is -0.117. The van der Waals surface area contributed by atoms with Crippen LogP contribution in [0.4, 0.5) is 4.39 Å². The van der Waals surface area contributed by atoms with Gasteiger partial charge in [0.15, 0.2) is 0 Å². The van der Waals surface area contributed by atoms with E-state index in [1.165, 1.54) is 0 Å². The molecule has 1 N–H and O–H groups in total. The molecule has 0 aromatic carbocycles. The maximum absolute atomic E-state index is 12.6. The number of carbonyl (C=O) groups excluding carboxylic acids is 2. The number of amides is 2. The Balaban J connectivity index is 3.04. The van der Waals surface area contributed by atoms with Crippen molar-refractivity contribution >= 4 is 11.8 Å². The van der Waals surface area contributed by atoms with Gasteiger partial charge in [-0.25, -0.2) is 0 Å². The van der Waals surface area contributed by atoms with Crippen molar-refractivity contribution in [3.05, 3.63) is 0 Å². The Labute approximate surface area is 121 Å². The second-order valence-corrected chi connectivity index (χ2v) is 6.71. The Kier molecular flexibility index (Phi) is 5.54. The second-order valence-electron chi connectivity index (χ2n) is 6.71. The van der Waals surface area contributed by atoms with Crippen molar-refractivity contribution in [1.29, 1.82) is 0 Å². The van der Waals surface area contributed by atoms with Gasteiger partial charge in [-0.1, -0.05) is 41.0 Å². The number of hydrogen-bond acceptors (Lipinski definition) is 2. The van der Waals surface area contributed by atoms with Gasteiger partial charge in [-0.2, -0.15) is 0 Å². The van der Waals surface area contributed by atoms with Crippen molar-refractivity contribution in [2.75, 3.05) is 13.2 Å². The summed E-state index contributed by atoms with van der Waals surface area (Å²) in [7, 11) is 0. The van der Waals surface area contributed by atoms with Crippen LogP contribution in [0, 0.1) is 11.3 Å². The van der Waals surface area contributed by atoms with Crippen LogP contribution in [-0.4, -0.2) is 42.0 Å². The molecule has 0 aliphatic carbocycles. The molecule has 1 aliphatic rings. The predicted molar refractivity (Wildman–Crippen MR) is 76.9 cm³/mol. The largest absolute Gasteiger partial charge is 0.342 e. The van der Waals surface area contributed by atoms with Crippen molar-refractivity contribution in [3.63, 3.8) is 0 Å². The summed E-state index contributed by atoms with van der Waals surface area (Å²) in [4.78, 5) is 26.6. The van der Waals surface area contributed by atoms with E-state index in [0.29, 0.717) is 6.54 Å². The third-order valence-electron chi connectivity index (χ3n) is 3.97. The van der Waals surface area contributed by atoms with Gasteiger partial charge >= 0.3 is 0 Å². The lowest BCUT2D eigenvalue weighted by Gasteiger charge is -2.45. The summed E-state index contributed by atoms with van der Waals surface area (Å²) in [6, 6.07) is -1.01. The van der Waals surface area contributed by atoms with E-state index >= 15 is 0 Å². The molecule has 0 radical (unpaired) electrons. The van der Waals surface area contributed by atoms with E-state index in [2.05, 4.69) is 5.32 Å². The fourth-order valence-electron chi connectivity index (χ4n) is 2.69. The summed E-state index contributed by atoms with van der Waals surface area (Å²) < 4.78 is 12.5. The van der Waals surface area contributed by atoms with E-state index in [-0.39, 0.29) is 29.6 Å². The molecule has 20 heavy (non-hydrogen) atoms. The van der Waals surface area contributed by atoms with Gasteiger partial charge in [0, 0.05) is 6.54 Å². The average Bonchev–Trinajstić information content (AvgIpc) is 2.36. The van der Waals surface area contributed by atoms with Gasteiger partial charge in [0.05, 0.1) is 6.67 Å². The molecule has 3 unspecified atom stereocenters. The maximum Gasteiger partial charge on any atom is 0.246 e. The van der Waals surface area contributed by atoms with Gasteiger partial charge in [0.1, 0.15) is 12.1 Å². The van der Waals surface area contributed by atoms with Crippen LogP contribution in [0.3, 0.4) is 0 Å². The highest BCUT2D eigenvalue weighted by atomic mass is 19.1. The number of nitrogens with zero attached hydrogens (tertiary/aromatic N) is 1. The third-order valence-corrected chi connectivity index (χ3v) is 3.97. The zero-order valence-corrected chi connectivity index (χ0v) is 13.2. The van der Waals surface area contributed by atoms with E-state index in [4.69, 9.17) is 0 Å². The zero-order valence-electron chi connectivity index (χ0n) is 13.2. The first kappa shape index (κ1) is 16.9. The second kappa shape index (κ2) is 6.55. The van der Waals surface area contributed by atoms with Crippen LogP contribution in [0.15, 0.2) is 0 Å². The topological polar surface area (TPSA) is 49.4 Å². The van der Waals surface area contributed by atoms with E-state index < -0.39 is 18.8 Å². The van der Waals surface area contributed by atoms with Gasteiger partial charge in [-0.3, -0.25) is 14.0 Å². The van der Waals surface area contributed by atoms with Crippen LogP contribution in [0.2, 0.25) is 0 Å². The van der Waals surface area contributed by atoms with E-state index in [1.807, 2.05) is 34.6 Å². The first-order valence-electron chi connectivity index (χ1n) is 7.40. The Hall–Kier alpha value is -1.13. The monoisotopic (exact) mass is 286 g/mol. The number of piperazine rings is 1. The lowest BCUT2D eigenvalue weighted by molar-refractivity contribution is -0.155. The van der Waals surface area contributed by atoms with Crippen LogP contribution in [0.25, 0.3) is 0 Å². The molecule has 1 heterocycles. The molecule has 0 spiro atoms. The molecular formula is C15H27FN2O2. The van der Waals surface area contributed by atoms with Crippen molar-refractivity contribution in [3.8, 4) is 0 Å². The van der Waals surface area contributed by atoms with E-state index in [1.54, 1.807) is 4.90 Å². The number of halogens is 1. The zero-order chi connectivity index (χ0) is 15.5. The maximum atomic E-state index is 12.6. The Bertz CT molecular complexity index is 365. The number of alkyl halides is 1. The third kappa shape index (κ3) is 3.49. The predicted octanol–water partition coefficient (Wildman–Crippen LogP) is 2.13. The van der Waals surface area contributed by atoms with Crippen molar-refractivity contribution in [2.24, 2.45) is 11.3 Å². The van der Waals surface area contributed by atoms with E-state index in [9.17, 15) is 14.0 Å². The molecule has 0 saturated carbocycles. The molecule has 0 bridgehead atoms. The molecule has 1 saturated heterocycles. The first-order chi connectivity index (χ1) is 9.23. The number of carbonyl (C=O) groups is 2. The van der Waals surface area contributed by atoms with Gasteiger partial charge in [0.2, 0.25) is 11.8 Å².